The number of hydrogen-bond acceptors (Lipinski definition) is 4. The van der Waals surface area contributed by atoms with Gasteiger partial charge in [0.2, 0.25) is 0 Å². The second-order valence-corrected chi connectivity index (χ2v) is 4.54. The molecule has 108 valence electrons. The quantitative estimate of drug-likeness (QED) is 0.639. The Morgan fingerprint density at radius 2 is 2.00 bits per heavy atom. The maximum atomic E-state index is 12.1. The van der Waals surface area contributed by atoms with Gasteiger partial charge in [-0.3, -0.25) is 14.9 Å². The number of carbonyl (C=O) groups excluding carboxylic acids is 1. The van der Waals surface area contributed by atoms with Gasteiger partial charge in [0.25, 0.3) is 11.6 Å². The van der Waals surface area contributed by atoms with Crippen molar-refractivity contribution < 1.29 is 14.1 Å². The molecule has 2 rings (SSSR count). The molecule has 0 aliphatic rings. The average molecular weight is 286 g/mol. The first-order valence-corrected chi connectivity index (χ1v) is 6.21. The Morgan fingerprint density at radius 3 is 2.57 bits per heavy atom. The lowest BCUT2D eigenvalue weighted by atomic mass is 10.0. The molecule has 0 N–H and O–H groups in total. The normalized spacial score (nSPS) is 10.8. The van der Waals surface area contributed by atoms with Crippen LogP contribution in [0.2, 0.25) is 0 Å². The van der Waals surface area contributed by atoms with Crippen LogP contribution >= 0.6 is 0 Å². The summed E-state index contributed by atoms with van der Waals surface area (Å²) in [6.45, 7) is 0. The van der Waals surface area contributed by atoms with Crippen molar-refractivity contribution in [3.63, 3.8) is 0 Å². The highest BCUT2D eigenvalue weighted by molar-refractivity contribution is 6.00. The number of nitro groups is 1. The van der Waals surface area contributed by atoms with Crippen molar-refractivity contribution in [2.24, 2.45) is 0 Å². The van der Waals surface area contributed by atoms with Gasteiger partial charge in [-0.2, -0.15) is 0 Å². The maximum Gasteiger partial charge on any atom is 0.277 e. The van der Waals surface area contributed by atoms with Crippen LogP contribution in [0.15, 0.2) is 41.0 Å². The van der Waals surface area contributed by atoms with Crippen molar-refractivity contribution in [2.45, 2.75) is 0 Å². The van der Waals surface area contributed by atoms with Crippen LogP contribution in [-0.4, -0.2) is 29.8 Å². The van der Waals surface area contributed by atoms with Gasteiger partial charge in [-0.1, -0.05) is 6.07 Å². The Morgan fingerprint density at radius 1 is 1.24 bits per heavy atom. The molecule has 1 heterocycles. The van der Waals surface area contributed by atoms with Crippen LogP contribution in [0.5, 0.6) is 0 Å². The van der Waals surface area contributed by atoms with Gasteiger partial charge in [0.1, 0.15) is 5.76 Å². The Hall–Kier alpha value is -2.89. The third kappa shape index (κ3) is 3.17. The number of rotatable bonds is 4. The molecule has 1 aromatic heterocycles. The Kier molecular flexibility index (Phi) is 4.18. The number of nitrogens with zero attached hydrogens (tertiary/aromatic N) is 2. The minimum Gasteiger partial charge on any atom is -0.465 e. The van der Waals surface area contributed by atoms with Crippen LogP contribution in [0, 0.1) is 10.1 Å². The molecule has 0 unspecified atom stereocenters. The number of benzene rings is 1. The topological polar surface area (TPSA) is 76.6 Å². The molecule has 2 aromatic rings. The van der Waals surface area contributed by atoms with Crippen molar-refractivity contribution in [1.29, 1.82) is 0 Å². The molecule has 6 nitrogen and oxygen atoms in total. The van der Waals surface area contributed by atoms with E-state index in [-0.39, 0.29) is 22.7 Å². The summed E-state index contributed by atoms with van der Waals surface area (Å²) in [7, 11) is 3.20. The Labute approximate surface area is 121 Å². The lowest BCUT2D eigenvalue weighted by Gasteiger charge is -2.12. The molecule has 1 aromatic carbocycles. The highest BCUT2D eigenvalue weighted by Crippen LogP contribution is 2.25. The number of carbonyl (C=O) groups is 1. The number of hydrogen-bond donors (Lipinski definition) is 0. The molecule has 0 saturated heterocycles. The first kappa shape index (κ1) is 14.5. The smallest absolute Gasteiger partial charge is 0.277 e. The van der Waals surface area contributed by atoms with Crippen LogP contribution in [0.3, 0.4) is 0 Å². The van der Waals surface area contributed by atoms with Gasteiger partial charge < -0.3 is 9.32 Å². The molecule has 21 heavy (non-hydrogen) atoms. The predicted octanol–water partition coefficient (Wildman–Crippen LogP) is 3.06. The first-order valence-electron chi connectivity index (χ1n) is 6.21. The zero-order chi connectivity index (χ0) is 15.4. The standard InChI is InChI=1S/C15H14N2O4/c1-16(2)15(18)13-6-3-7-14(17(19)20)12(13)9-8-11-5-4-10-21-11/h3-10H,1-2H3/b9-8+. The van der Waals surface area contributed by atoms with Gasteiger partial charge in [0.15, 0.2) is 0 Å². The van der Waals surface area contributed by atoms with Crippen LogP contribution in [0.25, 0.3) is 12.2 Å². The molecule has 0 bridgehead atoms. The number of nitro benzene ring substituents is 1. The van der Waals surface area contributed by atoms with Crippen molar-refractivity contribution in [2.75, 3.05) is 14.1 Å². The summed E-state index contributed by atoms with van der Waals surface area (Å²) in [5.74, 6) is 0.259. The van der Waals surface area contributed by atoms with Crippen LogP contribution in [0.1, 0.15) is 21.7 Å². The van der Waals surface area contributed by atoms with E-state index in [1.165, 1.54) is 29.4 Å². The second-order valence-electron chi connectivity index (χ2n) is 4.54. The molecule has 6 heteroatoms. The molecule has 0 fully saturated rings. The minimum atomic E-state index is -0.506. The molecule has 0 radical (unpaired) electrons. The van der Waals surface area contributed by atoms with E-state index >= 15 is 0 Å². The van der Waals surface area contributed by atoms with Gasteiger partial charge >= 0.3 is 0 Å². The van der Waals surface area contributed by atoms with Gasteiger partial charge in [-0.25, -0.2) is 0 Å². The fraction of sp³-hybridized carbons (Fsp3) is 0.133. The maximum absolute atomic E-state index is 12.1. The second kappa shape index (κ2) is 6.04. The summed E-state index contributed by atoms with van der Waals surface area (Å²) in [6.07, 6.45) is 4.62. The van der Waals surface area contributed by atoms with Crippen molar-refractivity contribution in [3.8, 4) is 0 Å². The van der Waals surface area contributed by atoms with E-state index in [0.717, 1.165) is 0 Å². The lowest BCUT2D eigenvalue weighted by molar-refractivity contribution is -0.385. The Balaban J connectivity index is 2.54. The third-order valence-electron chi connectivity index (χ3n) is 2.87. The van der Waals surface area contributed by atoms with E-state index in [9.17, 15) is 14.9 Å². The van der Waals surface area contributed by atoms with E-state index < -0.39 is 4.92 Å². The summed E-state index contributed by atoms with van der Waals surface area (Å²) >= 11 is 0. The third-order valence-corrected chi connectivity index (χ3v) is 2.87. The monoisotopic (exact) mass is 286 g/mol. The zero-order valence-corrected chi connectivity index (χ0v) is 11.6. The predicted molar refractivity (Wildman–Crippen MR) is 78.7 cm³/mol. The van der Waals surface area contributed by atoms with E-state index in [4.69, 9.17) is 4.42 Å². The fourth-order valence-electron chi connectivity index (χ4n) is 1.87. The largest absolute Gasteiger partial charge is 0.465 e. The van der Waals surface area contributed by atoms with E-state index in [2.05, 4.69) is 0 Å². The van der Waals surface area contributed by atoms with Crippen molar-refractivity contribution in [3.05, 3.63) is 63.6 Å². The molecular formula is C15H14N2O4. The van der Waals surface area contributed by atoms with Gasteiger partial charge in [-0.15, -0.1) is 0 Å². The minimum absolute atomic E-state index is 0.120. The lowest BCUT2D eigenvalue weighted by Crippen LogP contribution is -2.22. The van der Waals surface area contributed by atoms with Gasteiger partial charge in [-0.05, 0) is 30.4 Å². The molecule has 0 aliphatic carbocycles. The SMILES string of the molecule is CN(C)C(=O)c1cccc([N+](=O)[O-])c1/C=C/c1ccco1. The highest BCUT2D eigenvalue weighted by atomic mass is 16.6. The molecular weight excluding hydrogens is 272 g/mol. The summed E-state index contributed by atoms with van der Waals surface area (Å²) in [6, 6.07) is 7.87. The summed E-state index contributed by atoms with van der Waals surface area (Å²) in [4.78, 5) is 24.2. The molecule has 0 aliphatic heterocycles. The van der Waals surface area contributed by atoms with E-state index in [1.54, 1.807) is 38.4 Å². The molecule has 1 amide bonds. The molecule has 0 saturated carbocycles. The van der Waals surface area contributed by atoms with Gasteiger partial charge in [0.05, 0.1) is 22.3 Å². The summed E-state index contributed by atoms with van der Waals surface area (Å²) < 4.78 is 5.15. The van der Waals surface area contributed by atoms with Crippen LogP contribution < -0.4 is 0 Å². The van der Waals surface area contributed by atoms with E-state index in [0.29, 0.717) is 5.76 Å². The first-order chi connectivity index (χ1) is 10.0. The number of furan rings is 1. The average Bonchev–Trinajstić information content (AvgIpc) is 2.96. The Bertz CT molecular complexity index is 688. The van der Waals surface area contributed by atoms with Gasteiger partial charge in [0, 0.05) is 20.2 Å². The highest BCUT2D eigenvalue weighted by Gasteiger charge is 2.20. The number of amides is 1. The summed E-state index contributed by atoms with van der Waals surface area (Å²) in [5, 5.41) is 11.2. The molecule has 0 spiro atoms. The summed E-state index contributed by atoms with van der Waals surface area (Å²) in [5.41, 5.74) is 0.417. The zero-order valence-electron chi connectivity index (χ0n) is 11.6. The fourth-order valence-corrected chi connectivity index (χ4v) is 1.87. The van der Waals surface area contributed by atoms with Crippen molar-refractivity contribution >= 4 is 23.7 Å². The molecule has 0 atom stereocenters. The van der Waals surface area contributed by atoms with Crippen LogP contribution in [-0.2, 0) is 0 Å². The van der Waals surface area contributed by atoms with Crippen LogP contribution in [0.4, 0.5) is 5.69 Å². The van der Waals surface area contributed by atoms with Crippen molar-refractivity contribution in [1.82, 2.24) is 4.90 Å². The van der Waals surface area contributed by atoms with E-state index in [1.807, 2.05) is 0 Å².